The number of nitro groups is 1. The molecule has 0 bridgehead atoms. The molecule has 0 atom stereocenters. The molecule has 0 aromatic heterocycles. The first-order valence-corrected chi connectivity index (χ1v) is 6.17. The molecule has 0 saturated heterocycles. The van der Waals surface area contributed by atoms with Gasteiger partial charge in [0.25, 0.3) is 5.69 Å². The van der Waals surface area contributed by atoms with Crippen molar-refractivity contribution in [1.82, 2.24) is 0 Å². The molecule has 0 unspecified atom stereocenters. The highest BCUT2D eigenvalue weighted by Crippen LogP contribution is 2.19. The fraction of sp³-hybridized carbons (Fsp3) is 0.125. The van der Waals surface area contributed by atoms with Gasteiger partial charge in [0.2, 0.25) is 0 Å². The van der Waals surface area contributed by atoms with Crippen molar-refractivity contribution >= 4 is 17.8 Å². The molecule has 0 heterocycles. The quantitative estimate of drug-likeness (QED) is 0.477. The van der Waals surface area contributed by atoms with E-state index < -0.39 is 4.92 Å². The van der Waals surface area contributed by atoms with E-state index >= 15 is 0 Å². The van der Waals surface area contributed by atoms with Crippen LogP contribution in [-0.2, 0) is 0 Å². The number of hydrogen-bond acceptors (Lipinski definition) is 3. The van der Waals surface area contributed by atoms with E-state index in [1.165, 1.54) is 12.1 Å². The lowest BCUT2D eigenvalue weighted by Gasteiger charge is -2.04. The van der Waals surface area contributed by atoms with E-state index in [1.807, 2.05) is 37.3 Å². The van der Waals surface area contributed by atoms with Crippen molar-refractivity contribution in [3.63, 3.8) is 0 Å². The molecule has 20 heavy (non-hydrogen) atoms. The number of benzene rings is 2. The van der Waals surface area contributed by atoms with Gasteiger partial charge < -0.3 is 4.74 Å². The van der Waals surface area contributed by atoms with E-state index in [-0.39, 0.29) is 5.69 Å². The molecular weight excluding hydrogens is 254 g/mol. The van der Waals surface area contributed by atoms with Gasteiger partial charge in [0.05, 0.1) is 12.0 Å². The summed E-state index contributed by atoms with van der Waals surface area (Å²) in [4.78, 5) is 10.2. The van der Waals surface area contributed by atoms with E-state index in [0.29, 0.717) is 0 Å². The van der Waals surface area contributed by atoms with Crippen molar-refractivity contribution in [2.45, 2.75) is 6.92 Å². The molecule has 0 N–H and O–H groups in total. The maximum atomic E-state index is 10.6. The molecule has 4 nitrogen and oxygen atoms in total. The van der Waals surface area contributed by atoms with E-state index in [9.17, 15) is 10.1 Å². The maximum absolute atomic E-state index is 10.6. The molecule has 0 aliphatic rings. The minimum atomic E-state index is -0.402. The Morgan fingerprint density at radius 2 is 1.80 bits per heavy atom. The summed E-state index contributed by atoms with van der Waals surface area (Å²) >= 11 is 0. The largest absolute Gasteiger partial charge is 0.497 e. The van der Waals surface area contributed by atoms with Gasteiger partial charge in [-0.1, -0.05) is 18.2 Å². The van der Waals surface area contributed by atoms with Crippen LogP contribution in [0.4, 0.5) is 5.69 Å². The first-order chi connectivity index (χ1) is 9.60. The number of rotatable bonds is 4. The van der Waals surface area contributed by atoms with E-state index in [0.717, 1.165) is 22.4 Å². The summed E-state index contributed by atoms with van der Waals surface area (Å²) in [5.41, 5.74) is 3.22. The highest BCUT2D eigenvalue weighted by molar-refractivity contribution is 5.71. The number of nitro benzene ring substituents is 1. The fourth-order valence-corrected chi connectivity index (χ4v) is 1.86. The fourth-order valence-electron chi connectivity index (χ4n) is 1.86. The second-order valence-corrected chi connectivity index (χ2v) is 4.40. The van der Waals surface area contributed by atoms with Crippen LogP contribution in [0.2, 0.25) is 0 Å². The molecule has 0 saturated carbocycles. The van der Waals surface area contributed by atoms with Crippen molar-refractivity contribution in [3.8, 4) is 5.75 Å². The second kappa shape index (κ2) is 6.02. The number of aryl methyl sites for hydroxylation is 1. The Hall–Kier alpha value is -2.62. The highest BCUT2D eigenvalue weighted by atomic mass is 16.6. The average molecular weight is 269 g/mol. The standard InChI is InChI=1S/C16H15NO3/c1-12-11-16(20-2)10-7-14(12)6-3-13-4-8-15(9-5-13)17(18)19/h3-11H,1-2H3. The zero-order valence-corrected chi connectivity index (χ0v) is 11.4. The highest BCUT2D eigenvalue weighted by Gasteiger charge is 2.02. The molecule has 2 aromatic rings. The van der Waals surface area contributed by atoms with Crippen molar-refractivity contribution in [2.24, 2.45) is 0 Å². The Morgan fingerprint density at radius 1 is 1.10 bits per heavy atom. The lowest BCUT2D eigenvalue weighted by atomic mass is 10.1. The van der Waals surface area contributed by atoms with Gasteiger partial charge >= 0.3 is 0 Å². The second-order valence-electron chi connectivity index (χ2n) is 4.40. The number of ether oxygens (including phenoxy) is 1. The van der Waals surface area contributed by atoms with Crippen molar-refractivity contribution in [2.75, 3.05) is 7.11 Å². The van der Waals surface area contributed by atoms with Crippen LogP contribution in [0.5, 0.6) is 5.75 Å². The van der Waals surface area contributed by atoms with Crippen LogP contribution in [-0.4, -0.2) is 12.0 Å². The molecule has 0 fully saturated rings. The zero-order valence-electron chi connectivity index (χ0n) is 11.4. The van der Waals surface area contributed by atoms with Crippen molar-refractivity contribution in [1.29, 1.82) is 0 Å². The SMILES string of the molecule is COc1ccc(C=Cc2ccc([N+](=O)[O-])cc2)c(C)c1. The Balaban J connectivity index is 2.18. The van der Waals surface area contributed by atoms with Crippen LogP contribution < -0.4 is 4.74 Å². The van der Waals surface area contributed by atoms with Crippen LogP contribution in [0.15, 0.2) is 42.5 Å². The molecule has 0 spiro atoms. The normalized spacial score (nSPS) is 10.7. The lowest BCUT2D eigenvalue weighted by Crippen LogP contribution is -1.87. The molecule has 102 valence electrons. The van der Waals surface area contributed by atoms with Crippen LogP contribution in [0, 0.1) is 17.0 Å². The molecule has 0 radical (unpaired) electrons. The predicted octanol–water partition coefficient (Wildman–Crippen LogP) is 4.08. The van der Waals surface area contributed by atoms with Crippen LogP contribution in [0.25, 0.3) is 12.2 Å². The van der Waals surface area contributed by atoms with Crippen molar-refractivity contribution in [3.05, 3.63) is 69.3 Å². The molecule has 0 amide bonds. The Morgan fingerprint density at radius 3 is 2.35 bits per heavy atom. The first kappa shape index (κ1) is 13.8. The van der Waals surface area contributed by atoms with Crippen molar-refractivity contribution < 1.29 is 9.66 Å². The summed E-state index contributed by atoms with van der Waals surface area (Å²) in [5, 5.41) is 10.6. The smallest absolute Gasteiger partial charge is 0.269 e. The van der Waals surface area contributed by atoms with Gasteiger partial charge in [0.15, 0.2) is 0 Å². The lowest BCUT2D eigenvalue weighted by molar-refractivity contribution is -0.384. The topological polar surface area (TPSA) is 52.4 Å². The monoisotopic (exact) mass is 269 g/mol. The number of nitrogens with zero attached hydrogens (tertiary/aromatic N) is 1. The van der Waals surface area contributed by atoms with Gasteiger partial charge in [0.1, 0.15) is 5.75 Å². The Bertz CT molecular complexity index is 645. The summed E-state index contributed by atoms with van der Waals surface area (Å²) < 4.78 is 5.16. The van der Waals surface area contributed by atoms with Gasteiger partial charge in [-0.05, 0) is 47.9 Å². The third-order valence-corrected chi connectivity index (χ3v) is 3.04. The summed E-state index contributed by atoms with van der Waals surface area (Å²) in [5.74, 6) is 0.829. The number of hydrogen-bond donors (Lipinski definition) is 0. The minimum absolute atomic E-state index is 0.0998. The number of non-ortho nitro benzene ring substituents is 1. The summed E-state index contributed by atoms with van der Waals surface area (Å²) in [6.07, 6.45) is 3.91. The van der Waals surface area contributed by atoms with Gasteiger partial charge in [-0.15, -0.1) is 0 Å². The zero-order chi connectivity index (χ0) is 14.5. The first-order valence-electron chi connectivity index (χ1n) is 6.17. The van der Waals surface area contributed by atoms with Gasteiger partial charge in [-0.2, -0.15) is 0 Å². The third-order valence-electron chi connectivity index (χ3n) is 3.04. The molecule has 4 heteroatoms. The van der Waals surface area contributed by atoms with Crippen LogP contribution in [0.1, 0.15) is 16.7 Å². The van der Waals surface area contributed by atoms with Gasteiger partial charge in [-0.3, -0.25) is 10.1 Å². The molecule has 0 aliphatic carbocycles. The number of methoxy groups -OCH3 is 1. The van der Waals surface area contributed by atoms with Crippen LogP contribution >= 0.6 is 0 Å². The summed E-state index contributed by atoms with van der Waals surface area (Å²) in [7, 11) is 1.64. The predicted molar refractivity (Wildman–Crippen MR) is 79.8 cm³/mol. The minimum Gasteiger partial charge on any atom is -0.497 e. The van der Waals surface area contributed by atoms with Gasteiger partial charge in [-0.25, -0.2) is 0 Å². The van der Waals surface area contributed by atoms with E-state index in [2.05, 4.69) is 0 Å². The Labute approximate surface area is 117 Å². The van der Waals surface area contributed by atoms with E-state index in [4.69, 9.17) is 4.74 Å². The molecule has 0 aliphatic heterocycles. The maximum Gasteiger partial charge on any atom is 0.269 e. The average Bonchev–Trinajstić information content (AvgIpc) is 2.46. The van der Waals surface area contributed by atoms with E-state index in [1.54, 1.807) is 19.2 Å². The van der Waals surface area contributed by atoms with Gasteiger partial charge in [0, 0.05) is 12.1 Å². The molecule has 2 rings (SSSR count). The summed E-state index contributed by atoms with van der Waals surface area (Å²) in [6, 6.07) is 12.3. The molecule has 2 aromatic carbocycles. The third kappa shape index (κ3) is 3.23. The van der Waals surface area contributed by atoms with Crippen LogP contribution in [0.3, 0.4) is 0 Å². The Kier molecular flexibility index (Phi) is 4.15. The molecular formula is C16H15NO3. The summed E-state index contributed by atoms with van der Waals surface area (Å²) in [6.45, 7) is 2.01.